The van der Waals surface area contributed by atoms with E-state index in [1.807, 2.05) is 48.7 Å². The lowest BCUT2D eigenvalue weighted by molar-refractivity contribution is 0.373. The molecule has 0 aromatic rings. The quantitative estimate of drug-likeness (QED) is 0.675. The van der Waals surface area contributed by atoms with E-state index < -0.39 is 0 Å². The second-order valence-corrected chi connectivity index (χ2v) is 2.79. The van der Waals surface area contributed by atoms with Crippen LogP contribution in [-0.4, -0.2) is 0 Å². The number of ether oxygens (including phenoxy) is 1. The second kappa shape index (κ2) is 4.33. The highest BCUT2D eigenvalue weighted by Crippen LogP contribution is 2.12. The van der Waals surface area contributed by atoms with Crippen LogP contribution in [0.4, 0.5) is 0 Å². The molecule has 2 heterocycles. The molecular formula is C12H10NO. The maximum absolute atomic E-state index is 5.04. The molecule has 0 fully saturated rings. The number of rotatable bonds is 1. The fourth-order valence-corrected chi connectivity index (χ4v) is 1.14. The molecule has 1 radical (unpaired) electrons. The highest BCUT2D eigenvalue weighted by atomic mass is 16.5. The Morgan fingerprint density at radius 1 is 1.07 bits per heavy atom. The van der Waals surface area contributed by atoms with Crippen molar-refractivity contribution < 1.29 is 4.74 Å². The lowest BCUT2D eigenvalue weighted by Gasteiger charge is -2.05. The Hall–Kier alpha value is -1.96. The number of hydrogen-bond acceptors (Lipinski definition) is 2. The van der Waals surface area contributed by atoms with Gasteiger partial charge in [-0.25, -0.2) is 0 Å². The van der Waals surface area contributed by atoms with Crippen molar-refractivity contribution in [1.82, 2.24) is 5.32 Å². The van der Waals surface area contributed by atoms with Gasteiger partial charge in [-0.3, -0.25) is 0 Å². The monoisotopic (exact) mass is 184 g/mol. The smallest absolute Gasteiger partial charge is 0.178 e. The molecule has 2 rings (SSSR count). The van der Waals surface area contributed by atoms with Gasteiger partial charge >= 0.3 is 0 Å². The lowest BCUT2D eigenvalue weighted by Crippen LogP contribution is -2.05. The van der Waals surface area contributed by atoms with Crippen LogP contribution in [0.5, 0.6) is 0 Å². The van der Waals surface area contributed by atoms with Crippen LogP contribution in [-0.2, 0) is 4.74 Å². The van der Waals surface area contributed by atoms with E-state index in [0.717, 1.165) is 11.3 Å². The van der Waals surface area contributed by atoms with Crippen molar-refractivity contribution in [3.63, 3.8) is 0 Å². The molecule has 0 aromatic carbocycles. The predicted molar refractivity (Wildman–Crippen MR) is 55.6 cm³/mol. The third kappa shape index (κ3) is 2.04. The van der Waals surface area contributed by atoms with Crippen molar-refractivity contribution in [2.75, 3.05) is 0 Å². The summed E-state index contributed by atoms with van der Waals surface area (Å²) in [5, 5.41) is 3.14. The summed E-state index contributed by atoms with van der Waals surface area (Å²) in [6, 6.07) is 0. The molecule has 0 saturated carbocycles. The molecule has 0 spiro atoms. The summed E-state index contributed by atoms with van der Waals surface area (Å²) in [5.41, 5.74) is 1.86. The van der Waals surface area contributed by atoms with Crippen molar-refractivity contribution in [1.29, 1.82) is 0 Å². The molecular weight excluding hydrogens is 174 g/mol. The zero-order chi connectivity index (χ0) is 9.64. The van der Waals surface area contributed by atoms with Crippen molar-refractivity contribution in [2.24, 2.45) is 0 Å². The van der Waals surface area contributed by atoms with Gasteiger partial charge in [-0.1, -0.05) is 18.2 Å². The molecule has 69 valence electrons. The minimum Gasteiger partial charge on any atom is -0.460 e. The van der Waals surface area contributed by atoms with Gasteiger partial charge in [0.25, 0.3) is 0 Å². The first kappa shape index (κ1) is 8.63. The number of nitrogens with one attached hydrogen (secondary N) is 1. The van der Waals surface area contributed by atoms with Gasteiger partial charge in [0.05, 0.1) is 6.26 Å². The minimum atomic E-state index is 0.895. The van der Waals surface area contributed by atoms with Crippen molar-refractivity contribution in [3.05, 3.63) is 72.5 Å². The van der Waals surface area contributed by atoms with Crippen LogP contribution in [0, 0.1) is 6.26 Å². The standard InChI is InChI=1S/C12H10NO/c1-2-7-12(13-8-4-1)11-6-3-5-9-14-10-11/h1-9,13H. The molecule has 0 aromatic heterocycles. The third-order valence-corrected chi connectivity index (χ3v) is 1.80. The largest absolute Gasteiger partial charge is 0.460 e. The Bertz CT molecular complexity index is 381. The number of hydrogen-bond donors (Lipinski definition) is 1. The summed E-state index contributed by atoms with van der Waals surface area (Å²) in [6.07, 6.45) is 19.8. The summed E-state index contributed by atoms with van der Waals surface area (Å²) in [5.74, 6) is 0. The first-order valence-electron chi connectivity index (χ1n) is 4.39. The topological polar surface area (TPSA) is 21.3 Å². The maximum Gasteiger partial charge on any atom is 0.178 e. The molecule has 0 unspecified atom stereocenters. The molecule has 2 heteroatoms. The summed E-state index contributed by atoms with van der Waals surface area (Å²) < 4.78 is 5.04. The average Bonchev–Trinajstić information content (AvgIpc) is 2.62. The molecule has 0 aliphatic carbocycles. The molecule has 0 atom stereocenters. The van der Waals surface area contributed by atoms with Gasteiger partial charge in [0.2, 0.25) is 0 Å². The van der Waals surface area contributed by atoms with Crippen molar-refractivity contribution in [2.45, 2.75) is 0 Å². The predicted octanol–water partition coefficient (Wildman–Crippen LogP) is 2.33. The van der Waals surface area contributed by atoms with Gasteiger partial charge in [0.1, 0.15) is 0 Å². The van der Waals surface area contributed by atoms with E-state index in [4.69, 9.17) is 4.74 Å². The van der Waals surface area contributed by atoms with Crippen LogP contribution in [0.15, 0.2) is 66.3 Å². The molecule has 1 N–H and O–H groups in total. The van der Waals surface area contributed by atoms with Crippen molar-refractivity contribution >= 4 is 0 Å². The molecule has 0 amide bonds. The molecule has 2 aliphatic heterocycles. The summed E-state index contributed by atoms with van der Waals surface area (Å²) in [4.78, 5) is 0. The van der Waals surface area contributed by atoms with Crippen LogP contribution >= 0.6 is 0 Å². The maximum atomic E-state index is 5.04. The average molecular weight is 184 g/mol. The van der Waals surface area contributed by atoms with E-state index in [2.05, 4.69) is 11.6 Å². The van der Waals surface area contributed by atoms with Crippen LogP contribution in [0.2, 0.25) is 0 Å². The summed E-state index contributed by atoms with van der Waals surface area (Å²) in [6.45, 7) is 0. The lowest BCUT2D eigenvalue weighted by atomic mass is 10.2. The zero-order valence-electron chi connectivity index (χ0n) is 7.60. The third-order valence-electron chi connectivity index (χ3n) is 1.80. The molecule has 2 aliphatic rings. The molecule has 14 heavy (non-hydrogen) atoms. The van der Waals surface area contributed by atoms with E-state index in [1.54, 1.807) is 6.26 Å². The van der Waals surface area contributed by atoms with Gasteiger partial charge in [0.15, 0.2) is 6.26 Å². The van der Waals surface area contributed by atoms with Crippen LogP contribution in [0.3, 0.4) is 0 Å². The molecule has 0 saturated heterocycles. The SMILES string of the molecule is [C]1=C(C2=CC=CC=CN2)C=CC=CO1. The first-order valence-corrected chi connectivity index (χ1v) is 4.39. The fraction of sp³-hybridized carbons (Fsp3) is 0. The second-order valence-electron chi connectivity index (χ2n) is 2.79. The zero-order valence-corrected chi connectivity index (χ0v) is 7.60. The van der Waals surface area contributed by atoms with E-state index in [0.29, 0.717) is 0 Å². The Kier molecular flexibility index (Phi) is 2.67. The van der Waals surface area contributed by atoms with Crippen molar-refractivity contribution in [3.8, 4) is 0 Å². The van der Waals surface area contributed by atoms with Crippen LogP contribution < -0.4 is 5.32 Å². The highest BCUT2D eigenvalue weighted by molar-refractivity contribution is 5.41. The molecule has 2 nitrogen and oxygen atoms in total. The minimum absolute atomic E-state index is 0.895. The first-order chi connectivity index (χ1) is 6.97. The number of allylic oxidation sites excluding steroid dienone is 7. The van der Waals surface area contributed by atoms with Gasteiger partial charge in [-0.15, -0.1) is 0 Å². The summed E-state index contributed by atoms with van der Waals surface area (Å²) >= 11 is 0. The van der Waals surface area contributed by atoms with Gasteiger partial charge in [-0.05, 0) is 24.3 Å². The van der Waals surface area contributed by atoms with E-state index in [9.17, 15) is 0 Å². The molecule has 0 bridgehead atoms. The Labute approximate surface area is 83.3 Å². The van der Waals surface area contributed by atoms with E-state index in [-0.39, 0.29) is 0 Å². The Balaban J connectivity index is 2.22. The normalized spacial score (nSPS) is 18.9. The highest BCUT2D eigenvalue weighted by Gasteiger charge is 2.02. The van der Waals surface area contributed by atoms with Gasteiger partial charge < -0.3 is 10.1 Å². The van der Waals surface area contributed by atoms with Crippen LogP contribution in [0.1, 0.15) is 0 Å². The Morgan fingerprint density at radius 3 is 3.07 bits per heavy atom. The summed E-state index contributed by atoms with van der Waals surface area (Å²) in [7, 11) is 0. The van der Waals surface area contributed by atoms with Gasteiger partial charge in [-0.2, -0.15) is 0 Å². The fourth-order valence-electron chi connectivity index (χ4n) is 1.14. The van der Waals surface area contributed by atoms with Crippen LogP contribution in [0.25, 0.3) is 0 Å². The van der Waals surface area contributed by atoms with Gasteiger partial charge in [0, 0.05) is 17.5 Å². The van der Waals surface area contributed by atoms with E-state index in [1.165, 1.54) is 0 Å². The Morgan fingerprint density at radius 2 is 2.07 bits per heavy atom. The van der Waals surface area contributed by atoms with E-state index >= 15 is 0 Å².